The Morgan fingerprint density at radius 3 is 2.61 bits per heavy atom. The first-order valence-electron chi connectivity index (χ1n) is 10.9. The number of anilines is 1. The van der Waals surface area contributed by atoms with Gasteiger partial charge in [0.1, 0.15) is 0 Å². The molecule has 5 rings (SSSR count). The summed E-state index contributed by atoms with van der Waals surface area (Å²) in [4.78, 5) is 6.86. The maximum absolute atomic E-state index is 4.49. The Bertz CT molecular complexity index is 1260. The van der Waals surface area contributed by atoms with E-state index in [1.54, 1.807) is 0 Å². The highest BCUT2D eigenvalue weighted by Gasteiger charge is 2.15. The smallest absolute Gasteiger partial charge is 0.0458 e. The third-order valence-electron chi connectivity index (χ3n) is 5.91. The van der Waals surface area contributed by atoms with E-state index in [2.05, 4.69) is 108 Å². The second-order valence-electron chi connectivity index (χ2n) is 8.20. The SMILES string of the molecule is CC1=CN(c2cccc(-c3cncc4ccccc34)c2)C(Cc2ccccc2)=CCC1. The molecule has 1 aliphatic heterocycles. The minimum Gasteiger partial charge on any atom is -0.321 e. The third kappa shape index (κ3) is 4.15. The van der Waals surface area contributed by atoms with Crippen LogP contribution in [0.5, 0.6) is 0 Å². The summed E-state index contributed by atoms with van der Waals surface area (Å²) < 4.78 is 0. The van der Waals surface area contributed by atoms with Crippen molar-refractivity contribution >= 4 is 16.5 Å². The second-order valence-corrected chi connectivity index (χ2v) is 8.20. The van der Waals surface area contributed by atoms with Crippen LogP contribution in [-0.4, -0.2) is 4.98 Å². The fraction of sp³-hybridized carbons (Fsp3) is 0.138. The molecule has 0 saturated heterocycles. The van der Waals surface area contributed by atoms with E-state index in [9.17, 15) is 0 Å². The van der Waals surface area contributed by atoms with Crippen molar-refractivity contribution in [3.8, 4) is 11.1 Å². The van der Waals surface area contributed by atoms with Gasteiger partial charge in [-0.25, -0.2) is 0 Å². The van der Waals surface area contributed by atoms with Gasteiger partial charge in [-0.05, 0) is 48.4 Å². The molecule has 2 heteroatoms. The van der Waals surface area contributed by atoms with Crippen molar-refractivity contribution in [3.05, 3.63) is 120 Å². The number of nitrogens with zero attached hydrogens (tertiary/aromatic N) is 2. The predicted octanol–water partition coefficient (Wildman–Crippen LogP) is 7.53. The van der Waals surface area contributed by atoms with Crippen LogP contribution in [0.3, 0.4) is 0 Å². The molecule has 31 heavy (non-hydrogen) atoms. The molecule has 1 aromatic heterocycles. The Hall–Kier alpha value is -3.65. The zero-order valence-corrected chi connectivity index (χ0v) is 17.8. The van der Waals surface area contributed by atoms with E-state index in [0.29, 0.717) is 0 Å². The Kier molecular flexibility index (Phi) is 5.37. The van der Waals surface area contributed by atoms with E-state index in [1.807, 2.05) is 12.4 Å². The Morgan fingerprint density at radius 1 is 0.871 bits per heavy atom. The highest BCUT2D eigenvalue weighted by atomic mass is 15.1. The number of hydrogen-bond acceptors (Lipinski definition) is 2. The van der Waals surface area contributed by atoms with Gasteiger partial charge in [-0.1, -0.05) is 78.4 Å². The summed E-state index contributed by atoms with van der Waals surface area (Å²) in [7, 11) is 0. The molecule has 0 spiro atoms. The van der Waals surface area contributed by atoms with Crippen molar-refractivity contribution in [2.45, 2.75) is 26.2 Å². The molecule has 0 aliphatic carbocycles. The van der Waals surface area contributed by atoms with Crippen LogP contribution in [0.1, 0.15) is 25.3 Å². The molecule has 0 bridgehead atoms. The highest BCUT2D eigenvalue weighted by Crippen LogP contribution is 2.33. The third-order valence-corrected chi connectivity index (χ3v) is 5.91. The standard InChI is InChI=1S/C29H26N2/c1-22-9-7-14-26(17-23-10-3-2-4-11-23)31(21-22)27-15-8-13-24(18-27)29-20-30-19-25-12-5-6-16-28(25)29/h2-6,8,10-16,18-21H,7,9,17H2,1H3. The number of hydrogen-bond donors (Lipinski definition) is 0. The first-order chi connectivity index (χ1) is 15.3. The average Bonchev–Trinajstić information content (AvgIpc) is 3.00. The highest BCUT2D eigenvalue weighted by molar-refractivity contribution is 5.96. The van der Waals surface area contributed by atoms with E-state index < -0.39 is 0 Å². The lowest BCUT2D eigenvalue weighted by atomic mass is 10.00. The monoisotopic (exact) mass is 402 g/mol. The number of pyridine rings is 1. The molecule has 0 amide bonds. The van der Waals surface area contributed by atoms with Gasteiger partial charge in [0.2, 0.25) is 0 Å². The lowest BCUT2D eigenvalue weighted by molar-refractivity contribution is 0.976. The Morgan fingerprint density at radius 2 is 1.71 bits per heavy atom. The molecule has 0 unspecified atom stereocenters. The van der Waals surface area contributed by atoms with Crippen molar-refractivity contribution in [2.24, 2.45) is 0 Å². The number of benzene rings is 3. The van der Waals surface area contributed by atoms with E-state index in [1.165, 1.54) is 44.4 Å². The van der Waals surface area contributed by atoms with E-state index in [4.69, 9.17) is 0 Å². The van der Waals surface area contributed by atoms with Crippen LogP contribution < -0.4 is 4.90 Å². The van der Waals surface area contributed by atoms with Gasteiger partial charge in [-0.2, -0.15) is 0 Å². The number of rotatable bonds is 4. The fourth-order valence-electron chi connectivity index (χ4n) is 4.31. The van der Waals surface area contributed by atoms with Crippen molar-refractivity contribution in [3.63, 3.8) is 0 Å². The van der Waals surface area contributed by atoms with Gasteiger partial charge in [0.15, 0.2) is 0 Å². The maximum Gasteiger partial charge on any atom is 0.0458 e. The molecule has 0 fully saturated rings. The summed E-state index contributed by atoms with van der Waals surface area (Å²) in [6, 6.07) is 28.0. The summed E-state index contributed by atoms with van der Waals surface area (Å²) in [6.07, 6.45) is 11.7. The van der Waals surface area contributed by atoms with Crippen LogP contribution in [0.2, 0.25) is 0 Å². The number of allylic oxidation sites excluding steroid dienone is 3. The molecule has 3 aromatic carbocycles. The largest absolute Gasteiger partial charge is 0.321 e. The van der Waals surface area contributed by atoms with Gasteiger partial charge in [0.05, 0.1) is 0 Å². The summed E-state index contributed by atoms with van der Waals surface area (Å²) >= 11 is 0. The minimum atomic E-state index is 0.921. The molecule has 0 saturated carbocycles. The summed E-state index contributed by atoms with van der Waals surface area (Å²) in [5.41, 5.74) is 7.61. The summed E-state index contributed by atoms with van der Waals surface area (Å²) in [6.45, 7) is 2.23. The van der Waals surface area contributed by atoms with Crippen LogP contribution in [-0.2, 0) is 6.42 Å². The van der Waals surface area contributed by atoms with Gasteiger partial charge >= 0.3 is 0 Å². The predicted molar refractivity (Wildman–Crippen MR) is 131 cm³/mol. The quantitative estimate of drug-likeness (QED) is 0.351. The molecular weight excluding hydrogens is 376 g/mol. The molecule has 0 radical (unpaired) electrons. The average molecular weight is 403 g/mol. The molecule has 1 aliphatic rings. The van der Waals surface area contributed by atoms with Crippen molar-refractivity contribution in [1.29, 1.82) is 0 Å². The van der Waals surface area contributed by atoms with E-state index >= 15 is 0 Å². The number of fused-ring (bicyclic) bond motifs is 1. The summed E-state index contributed by atoms with van der Waals surface area (Å²) in [5, 5.41) is 2.40. The van der Waals surface area contributed by atoms with Crippen LogP contribution in [0.15, 0.2) is 115 Å². The Labute approximate surface area is 184 Å². The van der Waals surface area contributed by atoms with Gasteiger partial charge in [0.25, 0.3) is 0 Å². The zero-order chi connectivity index (χ0) is 21.0. The van der Waals surface area contributed by atoms with Crippen LogP contribution in [0.4, 0.5) is 5.69 Å². The van der Waals surface area contributed by atoms with Crippen LogP contribution >= 0.6 is 0 Å². The van der Waals surface area contributed by atoms with Gasteiger partial charge in [0, 0.05) is 47.3 Å². The molecule has 0 atom stereocenters. The normalized spacial score (nSPS) is 14.2. The molecule has 4 aromatic rings. The first kappa shape index (κ1) is 19.3. The second kappa shape index (κ2) is 8.61. The minimum absolute atomic E-state index is 0.921. The van der Waals surface area contributed by atoms with E-state index in [-0.39, 0.29) is 0 Å². The molecule has 2 heterocycles. The summed E-state index contributed by atoms with van der Waals surface area (Å²) in [5.74, 6) is 0. The molecule has 0 N–H and O–H groups in total. The van der Waals surface area contributed by atoms with Crippen molar-refractivity contribution < 1.29 is 0 Å². The van der Waals surface area contributed by atoms with Crippen molar-refractivity contribution in [2.75, 3.05) is 4.90 Å². The Balaban J connectivity index is 1.57. The first-order valence-corrected chi connectivity index (χ1v) is 10.9. The van der Waals surface area contributed by atoms with E-state index in [0.717, 1.165) is 19.3 Å². The topological polar surface area (TPSA) is 16.1 Å². The van der Waals surface area contributed by atoms with Gasteiger partial charge in [-0.3, -0.25) is 4.98 Å². The van der Waals surface area contributed by atoms with Crippen LogP contribution in [0.25, 0.3) is 21.9 Å². The van der Waals surface area contributed by atoms with Crippen LogP contribution in [0, 0.1) is 0 Å². The lowest BCUT2D eigenvalue weighted by Crippen LogP contribution is -2.17. The fourth-order valence-corrected chi connectivity index (χ4v) is 4.31. The zero-order valence-electron chi connectivity index (χ0n) is 17.8. The molecular formula is C29H26N2. The lowest BCUT2D eigenvalue weighted by Gasteiger charge is -2.25. The molecule has 2 nitrogen and oxygen atoms in total. The van der Waals surface area contributed by atoms with Gasteiger partial charge in [-0.15, -0.1) is 0 Å². The number of aromatic nitrogens is 1. The van der Waals surface area contributed by atoms with Crippen molar-refractivity contribution in [1.82, 2.24) is 4.98 Å². The van der Waals surface area contributed by atoms with Gasteiger partial charge < -0.3 is 4.90 Å². The maximum atomic E-state index is 4.49. The molecule has 152 valence electrons.